The van der Waals surface area contributed by atoms with E-state index in [9.17, 15) is 0 Å². The zero-order chi connectivity index (χ0) is 35.0. The molecule has 0 saturated carbocycles. The van der Waals surface area contributed by atoms with Crippen LogP contribution < -0.4 is 14.8 Å². The lowest BCUT2D eigenvalue weighted by molar-refractivity contribution is 0.387. The van der Waals surface area contributed by atoms with Gasteiger partial charge in [-0.3, -0.25) is 19.3 Å². The number of nitrogens with one attached hydrogen (secondary N) is 1. The molecule has 0 aliphatic carbocycles. The Labute approximate surface area is 301 Å². The molecule has 4 heterocycles. The zero-order valence-electron chi connectivity index (χ0n) is 28.5. The number of aryl methyl sites for hydroxylation is 4. The van der Waals surface area contributed by atoms with Crippen LogP contribution in [0.15, 0.2) is 73.6 Å². The molecule has 0 amide bonds. The molecule has 0 fully saturated rings. The van der Waals surface area contributed by atoms with Gasteiger partial charge in [-0.05, 0) is 38.7 Å². The van der Waals surface area contributed by atoms with Gasteiger partial charge in [-0.2, -0.15) is 10.2 Å². The van der Waals surface area contributed by atoms with E-state index in [1.807, 2.05) is 64.4 Å². The van der Waals surface area contributed by atoms with E-state index in [1.165, 1.54) is 5.56 Å². The third kappa shape index (κ3) is 7.80. The lowest BCUT2D eigenvalue weighted by atomic mass is 9.98. The van der Waals surface area contributed by atoms with Crippen LogP contribution in [0.2, 0.25) is 10.0 Å². The first kappa shape index (κ1) is 35.0. The summed E-state index contributed by atoms with van der Waals surface area (Å²) >= 11 is 14.2. The Balaban J connectivity index is 1.20. The lowest BCUT2D eigenvalue weighted by Gasteiger charge is -2.15. The van der Waals surface area contributed by atoms with Crippen LogP contribution in [0.3, 0.4) is 0 Å². The summed E-state index contributed by atoms with van der Waals surface area (Å²) in [6, 6.07) is 11.5. The standard InChI is InChI=1S/C37H39Cl2N9O2/c1-5-47-22-24(17-43-47)10-7-15-30-36(49-3)45-31(20-41-30)28-13-8-11-26(34(28)38)27-12-9-14-29(35(27)39)32-21-42-33(37(46-32)50-4)19-40-16-25-18-44-48(6-2)23-25/h8-9,11-14,17-18,20-23,40H,5-7,10,15-16,19H2,1-4H3. The number of halogens is 2. The molecule has 4 aromatic heterocycles. The fourth-order valence-electron chi connectivity index (χ4n) is 5.71. The number of aromatic nitrogens is 8. The van der Waals surface area contributed by atoms with Gasteiger partial charge in [0.25, 0.3) is 0 Å². The molecular formula is C37H39Cl2N9O2. The van der Waals surface area contributed by atoms with Gasteiger partial charge in [0, 0.05) is 66.4 Å². The Bertz CT molecular complexity index is 1930. The molecule has 50 heavy (non-hydrogen) atoms. The van der Waals surface area contributed by atoms with Crippen molar-refractivity contribution < 1.29 is 9.47 Å². The lowest BCUT2D eigenvalue weighted by Crippen LogP contribution is -2.15. The van der Waals surface area contributed by atoms with Crippen molar-refractivity contribution in [2.24, 2.45) is 0 Å². The van der Waals surface area contributed by atoms with Crippen molar-refractivity contribution in [1.29, 1.82) is 0 Å². The summed E-state index contributed by atoms with van der Waals surface area (Å²) in [4.78, 5) is 19.0. The number of methoxy groups -OCH3 is 2. The highest BCUT2D eigenvalue weighted by atomic mass is 35.5. The van der Waals surface area contributed by atoms with Crippen LogP contribution in [0.1, 0.15) is 42.8 Å². The quantitative estimate of drug-likeness (QED) is 0.116. The molecule has 0 bridgehead atoms. The normalized spacial score (nSPS) is 11.2. The number of hydrogen-bond acceptors (Lipinski definition) is 9. The Hall–Kier alpha value is -4.84. The van der Waals surface area contributed by atoms with Gasteiger partial charge in [0.2, 0.25) is 11.8 Å². The minimum absolute atomic E-state index is 0.421. The highest BCUT2D eigenvalue weighted by Crippen LogP contribution is 2.42. The average molecular weight is 713 g/mol. The predicted molar refractivity (Wildman–Crippen MR) is 195 cm³/mol. The van der Waals surface area contributed by atoms with Crippen molar-refractivity contribution >= 4 is 23.2 Å². The van der Waals surface area contributed by atoms with Crippen LogP contribution in [0.5, 0.6) is 11.8 Å². The van der Waals surface area contributed by atoms with Crippen molar-refractivity contribution in [3.63, 3.8) is 0 Å². The van der Waals surface area contributed by atoms with E-state index in [0.29, 0.717) is 57.5 Å². The van der Waals surface area contributed by atoms with E-state index in [4.69, 9.17) is 47.6 Å². The summed E-state index contributed by atoms with van der Waals surface area (Å²) in [6.07, 6.45) is 13.8. The Kier molecular flexibility index (Phi) is 11.4. The molecule has 0 aliphatic rings. The number of nitrogens with zero attached hydrogens (tertiary/aromatic N) is 8. The smallest absolute Gasteiger partial charge is 0.237 e. The molecule has 0 atom stereocenters. The molecule has 0 radical (unpaired) electrons. The van der Waals surface area contributed by atoms with Gasteiger partial charge in [0.15, 0.2) is 0 Å². The largest absolute Gasteiger partial charge is 0.480 e. The van der Waals surface area contributed by atoms with E-state index in [2.05, 4.69) is 40.5 Å². The van der Waals surface area contributed by atoms with Gasteiger partial charge in [-0.15, -0.1) is 0 Å². The summed E-state index contributed by atoms with van der Waals surface area (Å²) in [7, 11) is 3.19. The van der Waals surface area contributed by atoms with E-state index in [0.717, 1.165) is 60.3 Å². The molecule has 13 heteroatoms. The molecule has 6 aromatic rings. The second-order valence-corrected chi connectivity index (χ2v) is 12.4. The topological polar surface area (TPSA) is 118 Å². The predicted octanol–water partition coefficient (Wildman–Crippen LogP) is 7.49. The molecule has 0 spiro atoms. The molecule has 258 valence electrons. The van der Waals surface area contributed by atoms with Crippen LogP contribution in [-0.2, 0) is 39.0 Å². The molecule has 0 aliphatic heterocycles. The van der Waals surface area contributed by atoms with E-state index >= 15 is 0 Å². The monoisotopic (exact) mass is 711 g/mol. The zero-order valence-corrected chi connectivity index (χ0v) is 30.0. The van der Waals surface area contributed by atoms with E-state index in [1.54, 1.807) is 26.6 Å². The minimum Gasteiger partial charge on any atom is -0.480 e. The van der Waals surface area contributed by atoms with Crippen LogP contribution in [0.4, 0.5) is 0 Å². The summed E-state index contributed by atoms with van der Waals surface area (Å²) in [5.74, 6) is 0.899. The Morgan fingerprint density at radius 3 is 1.72 bits per heavy atom. The van der Waals surface area contributed by atoms with Crippen LogP contribution in [0, 0.1) is 0 Å². The fraction of sp³-hybridized carbons (Fsp3) is 0.297. The summed E-state index contributed by atoms with van der Waals surface area (Å²) in [6.45, 7) is 6.94. The van der Waals surface area contributed by atoms with Crippen LogP contribution in [-0.4, -0.2) is 53.7 Å². The number of benzene rings is 2. The summed E-state index contributed by atoms with van der Waals surface area (Å²) in [5, 5.41) is 13.1. The van der Waals surface area contributed by atoms with E-state index < -0.39 is 0 Å². The van der Waals surface area contributed by atoms with Crippen molar-refractivity contribution in [3.8, 4) is 45.4 Å². The molecule has 0 saturated heterocycles. The first-order valence-electron chi connectivity index (χ1n) is 16.5. The number of rotatable bonds is 15. The van der Waals surface area contributed by atoms with Gasteiger partial charge in [0.1, 0.15) is 11.4 Å². The van der Waals surface area contributed by atoms with Crippen molar-refractivity contribution in [2.75, 3.05) is 14.2 Å². The molecule has 6 rings (SSSR count). The fourth-order valence-corrected chi connectivity index (χ4v) is 6.36. The minimum atomic E-state index is 0.421. The van der Waals surface area contributed by atoms with Crippen molar-refractivity contribution in [3.05, 3.63) is 106 Å². The molecule has 1 N–H and O–H groups in total. The van der Waals surface area contributed by atoms with Crippen LogP contribution >= 0.6 is 23.2 Å². The Morgan fingerprint density at radius 1 is 0.640 bits per heavy atom. The maximum absolute atomic E-state index is 7.08. The van der Waals surface area contributed by atoms with Gasteiger partial charge < -0.3 is 14.8 Å². The van der Waals surface area contributed by atoms with Crippen LogP contribution in [0.25, 0.3) is 33.6 Å². The highest BCUT2D eigenvalue weighted by molar-refractivity contribution is 6.39. The number of ether oxygens (including phenoxy) is 2. The van der Waals surface area contributed by atoms with Gasteiger partial charge in [0.05, 0.1) is 60.4 Å². The third-order valence-corrected chi connectivity index (χ3v) is 9.19. The van der Waals surface area contributed by atoms with Crippen molar-refractivity contribution in [2.45, 2.75) is 59.3 Å². The average Bonchev–Trinajstić information content (AvgIpc) is 3.82. The maximum atomic E-state index is 7.08. The third-order valence-electron chi connectivity index (χ3n) is 8.37. The summed E-state index contributed by atoms with van der Waals surface area (Å²) < 4.78 is 15.1. The second-order valence-electron chi connectivity index (χ2n) is 11.6. The molecule has 0 unspecified atom stereocenters. The molecular weight excluding hydrogens is 673 g/mol. The van der Waals surface area contributed by atoms with E-state index in [-0.39, 0.29) is 0 Å². The maximum Gasteiger partial charge on any atom is 0.237 e. The second kappa shape index (κ2) is 16.2. The summed E-state index contributed by atoms with van der Waals surface area (Å²) in [5.41, 5.74) is 7.88. The molecule has 2 aromatic carbocycles. The van der Waals surface area contributed by atoms with Crippen molar-refractivity contribution in [1.82, 2.24) is 44.8 Å². The first-order chi connectivity index (χ1) is 24.4. The van der Waals surface area contributed by atoms with Gasteiger partial charge in [-0.1, -0.05) is 59.6 Å². The van der Waals surface area contributed by atoms with Gasteiger partial charge in [-0.25, -0.2) is 9.97 Å². The first-order valence-corrected chi connectivity index (χ1v) is 17.3. The Morgan fingerprint density at radius 2 is 1.16 bits per heavy atom. The number of hydrogen-bond donors (Lipinski definition) is 1. The molecule has 11 nitrogen and oxygen atoms in total. The van der Waals surface area contributed by atoms with Gasteiger partial charge >= 0.3 is 0 Å². The highest BCUT2D eigenvalue weighted by Gasteiger charge is 2.19. The SMILES string of the molecule is CCn1cc(CCCc2ncc(-c3cccc(-c4cccc(-c5cnc(CNCc6cnn(CC)c6)c(OC)n5)c4Cl)c3Cl)nc2OC)cn1.